The van der Waals surface area contributed by atoms with Crippen molar-refractivity contribution in [2.75, 3.05) is 17.2 Å². The van der Waals surface area contributed by atoms with Gasteiger partial charge in [-0.1, -0.05) is 45.0 Å². The molecule has 166 valence electrons. The van der Waals surface area contributed by atoms with Gasteiger partial charge < -0.3 is 25.2 Å². The van der Waals surface area contributed by atoms with E-state index in [0.29, 0.717) is 11.4 Å². The Labute approximate surface area is 186 Å². The van der Waals surface area contributed by atoms with Crippen LogP contribution in [0.4, 0.5) is 16.2 Å². The normalized spacial score (nSPS) is 10.8. The molecule has 0 aliphatic carbocycles. The van der Waals surface area contributed by atoms with Gasteiger partial charge in [0, 0.05) is 11.9 Å². The van der Waals surface area contributed by atoms with Gasteiger partial charge in [0.2, 0.25) is 5.88 Å². The molecule has 1 aromatic heterocycles. The van der Waals surface area contributed by atoms with E-state index in [2.05, 4.69) is 36.4 Å². The van der Waals surface area contributed by atoms with Crippen molar-refractivity contribution in [3.8, 4) is 17.4 Å². The number of carboxylic acid groups (broad SMARTS) is 1. The van der Waals surface area contributed by atoms with E-state index in [4.69, 9.17) is 14.6 Å². The van der Waals surface area contributed by atoms with Crippen LogP contribution in [0.1, 0.15) is 26.3 Å². The number of ether oxygens (including phenoxy) is 2. The van der Waals surface area contributed by atoms with Gasteiger partial charge in [-0.05, 0) is 47.4 Å². The van der Waals surface area contributed by atoms with E-state index in [-0.39, 0.29) is 22.8 Å². The number of nitrogens with zero attached hydrogens (tertiary/aromatic N) is 1. The minimum atomic E-state index is -1.10. The molecule has 0 unspecified atom stereocenters. The molecule has 32 heavy (non-hydrogen) atoms. The number of anilines is 2. The molecule has 3 aromatic rings. The number of amides is 2. The summed E-state index contributed by atoms with van der Waals surface area (Å²) in [6.07, 6.45) is 1.52. The molecule has 0 saturated carbocycles. The van der Waals surface area contributed by atoms with Crippen LogP contribution < -0.4 is 20.1 Å². The fourth-order valence-electron chi connectivity index (χ4n) is 2.80. The van der Waals surface area contributed by atoms with Gasteiger partial charge in [0.05, 0.1) is 0 Å². The molecule has 0 bridgehead atoms. The van der Waals surface area contributed by atoms with Crippen molar-refractivity contribution >= 4 is 23.4 Å². The third kappa shape index (κ3) is 6.21. The van der Waals surface area contributed by atoms with E-state index < -0.39 is 18.6 Å². The summed E-state index contributed by atoms with van der Waals surface area (Å²) in [7, 11) is 0. The minimum absolute atomic E-state index is 0.0210. The molecule has 0 aliphatic rings. The maximum absolute atomic E-state index is 12.5. The van der Waals surface area contributed by atoms with Crippen LogP contribution in [0.2, 0.25) is 0 Å². The smallest absolute Gasteiger partial charge is 0.341 e. The van der Waals surface area contributed by atoms with Crippen LogP contribution >= 0.6 is 0 Å². The van der Waals surface area contributed by atoms with Crippen molar-refractivity contribution in [3.05, 3.63) is 72.4 Å². The number of nitrogens with one attached hydrogen (secondary N) is 2. The Morgan fingerprint density at radius 2 is 1.62 bits per heavy atom. The zero-order valence-corrected chi connectivity index (χ0v) is 18.1. The summed E-state index contributed by atoms with van der Waals surface area (Å²) in [6, 6.07) is 17.1. The summed E-state index contributed by atoms with van der Waals surface area (Å²) >= 11 is 0. The first-order valence-electron chi connectivity index (χ1n) is 9.97. The zero-order chi connectivity index (χ0) is 23.1. The van der Waals surface area contributed by atoms with Gasteiger partial charge >= 0.3 is 12.0 Å². The van der Waals surface area contributed by atoms with Crippen LogP contribution in [0.25, 0.3) is 0 Å². The highest BCUT2D eigenvalue weighted by Gasteiger charge is 2.15. The Balaban J connectivity index is 1.71. The highest BCUT2D eigenvalue weighted by atomic mass is 16.5. The molecule has 2 amide bonds. The first kappa shape index (κ1) is 22.6. The number of rotatable bonds is 7. The lowest BCUT2D eigenvalue weighted by Crippen LogP contribution is -2.20. The van der Waals surface area contributed by atoms with Crippen molar-refractivity contribution in [1.29, 1.82) is 0 Å². The van der Waals surface area contributed by atoms with Gasteiger partial charge in [-0.2, -0.15) is 0 Å². The summed E-state index contributed by atoms with van der Waals surface area (Å²) < 4.78 is 11.1. The molecule has 0 aliphatic heterocycles. The highest BCUT2D eigenvalue weighted by Crippen LogP contribution is 2.33. The molecule has 2 aromatic carbocycles. The molecular weight excluding hydrogens is 410 g/mol. The molecule has 3 N–H and O–H groups in total. The first-order valence-corrected chi connectivity index (χ1v) is 9.97. The number of benzene rings is 2. The lowest BCUT2D eigenvalue weighted by Gasteiger charge is -2.19. The predicted molar refractivity (Wildman–Crippen MR) is 122 cm³/mol. The van der Waals surface area contributed by atoms with Gasteiger partial charge in [-0.3, -0.25) is 0 Å². The largest absolute Gasteiger partial charge is 0.479 e. The maximum atomic E-state index is 12.5. The number of carboxylic acids is 1. The average molecular weight is 435 g/mol. The average Bonchev–Trinajstić information content (AvgIpc) is 2.74. The third-order valence-corrected chi connectivity index (χ3v) is 4.44. The number of hydrogen-bond donors (Lipinski definition) is 3. The number of pyridine rings is 1. The Bertz CT molecular complexity index is 1090. The van der Waals surface area contributed by atoms with Crippen molar-refractivity contribution in [3.63, 3.8) is 0 Å². The van der Waals surface area contributed by atoms with Crippen molar-refractivity contribution < 1.29 is 24.2 Å². The Morgan fingerprint density at radius 3 is 2.28 bits per heavy atom. The number of aromatic nitrogens is 1. The summed E-state index contributed by atoms with van der Waals surface area (Å²) in [5, 5.41) is 14.3. The molecule has 0 atom stereocenters. The fraction of sp³-hybridized carbons (Fsp3) is 0.208. The second-order valence-corrected chi connectivity index (χ2v) is 7.99. The SMILES string of the molecule is CC(C)(C)c1ccc(NC(=O)Nc2cccnc2Oc2ccccc2OCC(=O)O)cc1. The number of carbonyl (C=O) groups excluding carboxylic acids is 1. The van der Waals surface area contributed by atoms with Crippen LogP contribution in [0, 0.1) is 0 Å². The Morgan fingerprint density at radius 1 is 0.938 bits per heavy atom. The molecule has 0 spiro atoms. The quantitative estimate of drug-likeness (QED) is 0.466. The van der Waals surface area contributed by atoms with Crippen LogP contribution in [0.5, 0.6) is 17.4 Å². The molecule has 3 rings (SSSR count). The Kier molecular flexibility index (Phi) is 6.94. The molecular formula is C24H25N3O5. The molecule has 0 radical (unpaired) electrons. The number of urea groups is 1. The summed E-state index contributed by atoms with van der Waals surface area (Å²) in [4.78, 5) is 27.5. The van der Waals surface area contributed by atoms with E-state index in [1.165, 1.54) is 6.20 Å². The van der Waals surface area contributed by atoms with Crippen LogP contribution in [0.3, 0.4) is 0 Å². The summed E-state index contributed by atoms with van der Waals surface area (Å²) in [6.45, 7) is 5.86. The molecule has 8 nitrogen and oxygen atoms in total. The van der Waals surface area contributed by atoms with Gasteiger partial charge in [-0.25, -0.2) is 14.6 Å². The van der Waals surface area contributed by atoms with E-state index in [1.807, 2.05) is 24.3 Å². The van der Waals surface area contributed by atoms with E-state index >= 15 is 0 Å². The topological polar surface area (TPSA) is 110 Å². The molecule has 1 heterocycles. The maximum Gasteiger partial charge on any atom is 0.341 e. The van der Waals surface area contributed by atoms with Gasteiger partial charge in [0.15, 0.2) is 18.1 Å². The summed E-state index contributed by atoms with van der Waals surface area (Å²) in [5.41, 5.74) is 2.17. The van der Waals surface area contributed by atoms with Gasteiger partial charge in [-0.15, -0.1) is 0 Å². The second-order valence-electron chi connectivity index (χ2n) is 7.99. The lowest BCUT2D eigenvalue weighted by atomic mass is 9.87. The molecule has 0 saturated heterocycles. The monoisotopic (exact) mass is 435 g/mol. The van der Waals surface area contributed by atoms with Gasteiger partial charge in [0.25, 0.3) is 0 Å². The lowest BCUT2D eigenvalue weighted by molar-refractivity contribution is -0.139. The van der Waals surface area contributed by atoms with E-state index in [0.717, 1.165) is 5.56 Å². The van der Waals surface area contributed by atoms with Crippen molar-refractivity contribution in [1.82, 2.24) is 4.98 Å². The van der Waals surface area contributed by atoms with Crippen LogP contribution in [0.15, 0.2) is 66.9 Å². The Hall–Kier alpha value is -4.07. The molecule has 8 heteroatoms. The van der Waals surface area contributed by atoms with Crippen molar-refractivity contribution in [2.24, 2.45) is 0 Å². The number of aliphatic carboxylic acids is 1. The van der Waals surface area contributed by atoms with Crippen LogP contribution in [-0.2, 0) is 10.2 Å². The van der Waals surface area contributed by atoms with Gasteiger partial charge in [0.1, 0.15) is 5.69 Å². The van der Waals surface area contributed by atoms with E-state index in [9.17, 15) is 9.59 Å². The first-order chi connectivity index (χ1) is 15.2. The zero-order valence-electron chi connectivity index (χ0n) is 18.1. The second kappa shape index (κ2) is 9.82. The highest BCUT2D eigenvalue weighted by molar-refractivity contribution is 6.00. The van der Waals surface area contributed by atoms with Crippen LogP contribution in [-0.4, -0.2) is 28.7 Å². The van der Waals surface area contributed by atoms with E-state index in [1.54, 1.807) is 36.4 Å². The third-order valence-electron chi connectivity index (χ3n) is 4.44. The predicted octanol–water partition coefficient (Wildman–Crippen LogP) is 5.28. The number of hydrogen-bond acceptors (Lipinski definition) is 5. The minimum Gasteiger partial charge on any atom is -0.479 e. The standard InChI is InChI=1S/C24H25N3O5/c1-24(2,3)16-10-12-17(13-11-16)26-23(30)27-18-7-6-14-25-22(18)32-20-9-5-4-8-19(20)31-15-21(28)29/h4-14H,15H2,1-3H3,(H,28,29)(H2,26,27,30). The number of carbonyl (C=O) groups is 2. The fourth-order valence-corrected chi connectivity index (χ4v) is 2.80. The molecule has 0 fully saturated rings. The summed E-state index contributed by atoms with van der Waals surface area (Å²) in [5.74, 6) is -0.451. The number of para-hydroxylation sites is 2. The van der Waals surface area contributed by atoms with Crippen molar-refractivity contribution in [2.45, 2.75) is 26.2 Å².